The van der Waals surface area contributed by atoms with Crippen molar-refractivity contribution < 1.29 is 8.78 Å². The molecule has 6 heteroatoms. The molecule has 1 aromatic carbocycles. The van der Waals surface area contributed by atoms with Crippen molar-refractivity contribution in [3.8, 4) is 22.5 Å². The Morgan fingerprint density at radius 1 is 1.12 bits per heavy atom. The van der Waals surface area contributed by atoms with E-state index in [2.05, 4.69) is 5.10 Å². The fourth-order valence-corrected chi connectivity index (χ4v) is 3.68. The molecule has 5 rings (SSSR count). The Kier molecular flexibility index (Phi) is 3.22. The molecule has 0 atom stereocenters. The summed E-state index contributed by atoms with van der Waals surface area (Å²) in [6.07, 6.45) is 5.74. The topological polar surface area (TPSA) is 35.1 Å². The van der Waals surface area contributed by atoms with Crippen LogP contribution in [0, 0.1) is 18.6 Å². The number of benzene rings is 1. The zero-order valence-electron chi connectivity index (χ0n) is 14.2. The van der Waals surface area contributed by atoms with E-state index in [0.29, 0.717) is 16.8 Å². The van der Waals surface area contributed by atoms with E-state index in [9.17, 15) is 8.78 Å². The third-order valence-corrected chi connectivity index (χ3v) is 4.96. The van der Waals surface area contributed by atoms with E-state index < -0.39 is 11.6 Å². The van der Waals surface area contributed by atoms with Gasteiger partial charge in [0.25, 0.3) is 0 Å². The van der Waals surface area contributed by atoms with Gasteiger partial charge in [-0.1, -0.05) is 6.07 Å². The Labute approximate surface area is 148 Å². The van der Waals surface area contributed by atoms with Crippen molar-refractivity contribution in [3.63, 3.8) is 0 Å². The number of imidazole rings is 1. The quantitative estimate of drug-likeness (QED) is 0.537. The van der Waals surface area contributed by atoms with Gasteiger partial charge in [0.1, 0.15) is 23.0 Å². The van der Waals surface area contributed by atoms with Crippen LogP contribution in [0.4, 0.5) is 8.78 Å². The molecule has 0 saturated heterocycles. The first-order chi connectivity index (χ1) is 12.6. The summed E-state index contributed by atoms with van der Waals surface area (Å²) < 4.78 is 32.1. The number of halogens is 2. The third kappa shape index (κ3) is 2.18. The molecule has 0 N–H and O–H groups in total. The van der Waals surface area contributed by atoms with Gasteiger partial charge >= 0.3 is 0 Å². The first kappa shape index (κ1) is 15.3. The smallest absolute Gasteiger partial charge is 0.137 e. The van der Waals surface area contributed by atoms with Gasteiger partial charge in [0, 0.05) is 36.3 Å². The van der Waals surface area contributed by atoms with Gasteiger partial charge in [0.15, 0.2) is 0 Å². The molecular formula is C20H16F2N4. The Hall–Kier alpha value is -3.02. The SMILES string of the molecule is Cc1cc(-c2nn3c(c2-c2cn4ccccc4n2)CCC3)c(F)cc1F. The van der Waals surface area contributed by atoms with Crippen molar-refractivity contribution >= 4 is 5.65 Å². The van der Waals surface area contributed by atoms with Crippen LogP contribution in [0.5, 0.6) is 0 Å². The van der Waals surface area contributed by atoms with Gasteiger partial charge in [-0.2, -0.15) is 5.10 Å². The van der Waals surface area contributed by atoms with Crippen LogP contribution in [0.1, 0.15) is 17.7 Å². The van der Waals surface area contributed by atoms with Gasteiger partial charge in [-0.3, -0.25) is 4.68 Å². The second kappa shape index (κ2) is 5.49. The number of rotatable bonds is 2. The first-order valence-electron chi connectivity index (χ1n) is 8.61. The van der Waals surface area contributed by atoms with E-state index in [0.717, 1.165) is 48.1 Å². The van der Waals surface area contributed by atoms with Gasteiger partial charge in [-0.05, 0) is 43.5 Å². The van der Waals surface area contributed by atoms with E-state index in [1.165, 1.54) is 6.07 Å². The van der Waals surface area contributed by atoms with E-state index in [1.807, 2.05) is 39.7 Å². The largest absolute Gasteiger partial charge is 0.306 e. The summed E-state index contributed by atoms with van der Waals surface area (Å²) >= 11 is 0. The average molecular weight is 350 g/mol. The molecule has 3 aromatic heterocycles. The summed E-state index contributed by atoms with van der Waals surface area (Å²) in [6.45, 7) is 2.43. The van der Waals surface area contributed by atoms with E-state index in [1.54, 1.807) is 6.92 Å². The number of nitrogens with zero attached hydrogens (tertiary/aromatic N) is 4. The highest BCUT2D eigenvalue weighted by Crippen LogP contribution is 2.38. The number of aromatic nitrogens is 4. The molecule has 4 aromatic rings. The number of aryl methyl sites for hydroxylation is 2. The second-order valence-corrected chi connectivity index (χ2v) is 6.67. The van der Waals surface area contributed by atoms with E-state index in [4.69, 9.17) is 4.98 Å². The lowest BCUT2D eigenvalue weighted by Gasteiger charge is -2.06. The Balaban J connectivity index is 1.79. The van der Waals surface area contributed by atoms with Crippen LogP contribution >= 0.6 is 0 Å². The van der Waals surface area contributed by atoms with Crippen LogP contribution in [-0.4, -0.2) is 19.2 Å². The van der Waals surface area contributed by atoms with Crippen molar-refractivity contribution in [2.24, 2.45) is 0 Å². The van der Waals surface area contributed by atoms with Gasteiger partial charge in [0.2, 0.25) is 0 Å². The normalized spacial score (nSPS) is 13.5. The number of hydrogen-bond donors (Lipinski definition) is 0. The average Bonchev–Trinajstić information content (AvgIpc) is 3.30. The molecule has 0 aliphatic carbocycles. The van der Waals surface area contributed by atoms with Crippen LogP contribution in [-0.2, 0) is 13.0 Å². The maximum absolute atomic E-state index is 14.6. The first-order valence-corrected chi connectivity index (χ1v) is 8.61. The molecule has 0 bridgehead atoms. The van der Waals surface area contributed by atoms with Crippen molar-refractivity contribution in [2.45, 2.75) is 26.3 Å². The number of pyridine rings is 1. The van der Waals surface area contributed by atoms with Crippen LogP contribution in [0.2, 0.25) is 0 Å². The summed E-state index contributed by atoms with van der Waals surface area (Å²) in [5.41, 5.74) is 4.73. The Morgan fingerprint density at radius 2 is 2.00 bits per heavy atom. The molecule has 26 heavy (non-hydrogen) atoms. The number of fused-ring (bicyclic) bond motifs is 2. The molecular weight excluding hydrogens is 334 g/mol. The van der Waals surface area contributed by atoms with E-state index in [-0.39, 0.29) is 0 Å². The third-order valence-electron chi connectivity index (χ3n) is 4.96. The van der Waals surface area contributed by atoms with Crippen molar-refractivity contribution in [2.75, 3.05) is 0 Å². The lowest BCUT2D eigenvalue weighted by molar-refractivity contribution is 0.578. The summed E-state index contributed by atoms with van der Waals surface area (Å²) in [6, 6.07) is 8.25. The Morgan fingerprint density at radius 3 is 2.85 bits per heavy atom. The molecule has 4 nitrogen and oxygen atoms in total. The van der Waals surface area contributed by atoms with Crippen LogP contribution < -0.4 is 0 Å². The highest BCUT2D eigenvalue weighted by atomic mass is 19.1. The van der Waals surface area contributed by atoms with Gasteiger partial charge in [-0.25, -0.2) is 13.8 Å². The monoisotopic (exact) mass is 350 g/mol. The molecule has 0 amide bonds. The molecule has 1 aliphatic rings. The predicted molar refractivity (Wildman–Crippen MR) is 94.8 cm³/mol. The van der Waals surface area contributed by atoms with E-state index >= 15 is 0 Å². The van der Waals surface area contributed by atoms with Crippen LogP contribution in [0.25, 0.3) is 28.2 Å². The molecule has 130 valence electrons. The van der Waals surface area contributed by atoms with Gasteiger partial charge in [0.05, 0.1) is 11.3 Å². The molecule has 0 fully saturated rings. The van der Waals surface area contributed by atoms with Crippen molar-refractivity contribution in [3.05, 3.63) is 65.6 Å². The fraction of sp³-hybridized carbons (Fsp3) is 0.200. The van der Waals surface area contributed by atoms with Crippen LogP contribution in [0.15, 0.2) is 42.7 Å². The van der Waals surface area contributed by atoms with Gasteiger partial charge < -0.3 is 4.40 Å². The molecule has 0 unspecified atom stereocenters. The zero-order valence-corrected chi connectivity index (χ0v) is 14.2. The fourth-order valence-electron chi connectivity index (χ4n) is 3.68. The minimum absolute atomic E-state index is 0.317. The summed E-state index contributed by atoms with van der Waals surface area (Å²) in [5.74, 6) is -1.15. The molecule has 0 radical (unpaired) electrons. The van der Waals surface area contributed by atoms with Crippen molar-refractivity contribution in [1.29, 1.82) is 0 Å². The van der Waals surface area contributed by atoms with Gasteiger partial charge in [-0.15, -0.1) is 0 Å². The Bertz CT molecular complexity index is 1120. The summed E-state index contributed by atoms with van der Waals surface area (Å²) in [5, 5.41) is 4.64. The standard InChI is InChI=1S/C20H16F2N4/c1-12-9-13(15(22)10-14(12)21)20-19(17-5-4-8-26(17)24-20)16-11-25-7-3-2-6-18(25)23-16/h2-3,6-7,9-11H,4-5,8H2,1H3. The lowest BCUT2D eigenvalue weighted by Crippen LogP contribution is -1.96. The second-order valence-electron chi connectivity index (χ2n) is 6.67. The minimum Gasteiger partial charge on any atom is -0.306 e. The molecule has 0 spiro atoms. The maximum Gasteiger partial charge on any atom is 0.137 e. The number of hydrogen-bond acceptors (Lipinski definition) is 2. The predicted octanol–water partition coefficient (Wildman–Crippen LogP) is 4.40. The molecule has 0 saturated carbocycles. The summed E-state index contributed by atoms with van der Waals surface area (Å²) in [4.78, 5) is 4.70. The minimum atomic E-state index is -0.602. The molecule has 4 heterocycles. The molecule has 1 aliphatic heterocycles. The highest BCUT2D eigenvalue weighted by Gasteiger charge is 2.27. The lowest BCUT2D eigenvalue weighted by atomic mass is 10.0. The maximum atomic E-state index is 14.6. The van der Waals surface area contributed by atoms with Crippen molar-refractivity contribution in [1.82, 2.24) is 19.2 Å². The summed E-state index contributed by atoms with van der Waals surface area (Å²) in [7, 11) is 0. The zero-order chi connectivity index (χ0) is 17.8. The van der Waals surface area contributed by atoms with Crippen LogP contribution in [0.3, 0.4) is 0 Å². The highest BCUT2D eigenvalue weighted by molar-refractivity contribution is 5.82.